The largest absolute Gasteiger partial charge is 0.336 e. The van der Waals surface area contributed by atoms with E-state index in [0.29, 0.717) is 10.2 Å². The smallest absolute Gasteiger partial charge is 0.321 e. The minimum Gasteiger partial charge on any atom is -0.336 e. The van der Waals surface area contributed by atoms with Gasteiger partial charge >= 0.3 is 6.03 Å². The molecule has 0 radical (unpaired) electrons. The molecule has 30 heavy (non-hydrogen) atoms. The van der Waals surface area contributed by atoms with Crippen LogP contribution in [0.2, 0.25) is 5.02 Å². The zero-order valence-electron chi connectivity index (χ0n) is 17.0. The fourth-order valence-corrected chi connectivity index (χ4v) is 3.81. The number of carbonyl (C=O) groups excluding carboxylic acids is 2. The topological polar surface area (TPSA) is 76.0 Å². The van der Waals surface area contributed by atoms with Crippen molar-refractivity contribution >= 4 is 35.3 Å². The standard InChI is InChI=1S/C22H23ClN4O2S/c1-14(2)25-21(29)26-20(28)13-30-22-24-12-19(16-8-10-17(23)11-9-16)27(22)18-7-5-4-6-15(18)3/h4-12,14H,13H2,1-3H3,(H2,25,26,28,29). The lowest BCUT2D eigenvalue weighted by Gasteiger charge is -2.14. The van der Waals surface area contributed by atoms with Gasteiger partial charge in [0.05, 0.1) is 23.3 Å². The Morgan fingerprint density at radius 1 is 1.13 bits per heavy atom. The molecule has 0 atom stereocenters. The summed E-state index contributed by atoms with van der Waals surface area (Å²) in [6.45, 7) is 5.69. The Balaban J connectivity index is 1.88. The molecule has 0 saturated heterocycles. The molecule has 6 nitrogen and oxygen atoms in total. The van der Waals surface area contributed by atoms with Crippen molar-refractivity contribution in [3.05, 3.63) is 65.3 Å². The monoisotopic (exact) mass is 442 g/mol. The number of nitrogens with one attached hydrogen (secondary N) is 2. The van der Waals surface area contributed by atoms with Crippen molar-refractivity contribution in [2.75, 3.05) is 5.75 Å². The van der Waals surface area contributed by atoms with Crippen LogP contribution in [0.5, 0.6) is 0 Å². The van der Waals surface area contributed by atoms with Gasteiger partial charge in [0.2, 0.25) is 5.91 Å². The number of imidazole rings is 1. The molecular formula is C22H23ClN4O2S. The molecule has 2 N–H and O–H groups in total. The molecule has 1 aromatic heterocycles. The molecule has 0 aliphatic heterocycles. The number of carbonyl (C=O) groups is 2. The summed E-state index contributed by atoms with van der Waals surface area (Å²) in [5.74, 6) is -0.320. The minimum atomic E-state index is -0.500. The van der Waals surface area contributed by atoms with Crippen LogP contribution in [0.25, 0.3) is 16.9 Å². The van der Waals surface area contributed by atoms with Gasteiger partial charge in [0.1, 0.15) is 0 Å². The van der Waals surface area contributed by atoms with E-state index >= 15 is 0 Å². The first-order valence-corrected chi connectivity index (χ1v) is 10.8. The zero-order valence-corrected chi connectivity index (χ0v) is 18.6. The van der Waals surface area contributed by atoms with E-state index in [1.165, 1.54) is 11.8 Å². The van der Waals surface area contributed by atoms with Crippen LogP contribution in [-0.2, 0) is 4.79 Å². The molecule has 3 aromatic rings. The van der Waals surface area contributed by atoms with Gasteiger partial charge in [-0.25, -0.2) is 9.78 Å². The highest BCUT2D eigenvalue weighted by Crippen LogP contribution is 2.31. The van der Waals surface area contributed by atoms with E-state index in [0.717, 1.165) is 22.5 Å². The molecule has 2 aromatic carbocycles. The maximum Gasteiger partial charge on any atom is 0.321 e. The van der Waals surface area contributed by atoms with Crippen molar-refractivity contribution < 1.29 is 9.59 Å². The summed E-state index contributed by atoms with van der Waals surface area (Å²) in [5, 5.41) is 6.29. The number of amides is 3. The van der Waals surface area contributed by atoms with Gasteiger partial charge in [-0.1, -0.05) is 53.7 Å². The quantitative estimate of drug-likeness (QED) is 0.536. The second kappa shape index (κ2) is 9.82. The zero-order chi connectivity index (χ0) is 21.7. The lowest BCUT2D eigenvalue weighted by molar-refractivity contribution is -0.117. The second-order valence-electron chi connectivity index (χ2n) is 7.02. The average Bonchev–Trinajstić information content (AvgIpc) is 3.10. The predicted octanol–water partition coefficient (Wildman–Crippen LogP) is 4.83. The van der Waals surface area contributed by atoms with E-state index in [9.17, 15) is 9.59 Å². The summed E-state index contributed by atoms with van der Waals surface area (Å²) >= 11 is 7.31. The number of aromatic nitrogens is 2. The van der Waals surface area contributed by atoms with Crippen molar-refractivity contribution in [3.63, 3.8) is 0 Å². The Morgan fingerprint density at radius 2 is 1.83 bits per heavy atom. The molecule has 1 heterocycles. The molecule has 3 amide bonds. The Morgan fingerprint density at radius 3 is 2.50 bits per heavy atom. The number of aryl methyl sites for hydroxylation is 1. The fourth-order valence-electron chi connectivity index (χ4n) is 2.90. The van der Waals surface area contributed by atoms with Crippen LogP contribution in [0.4, 0.5) is 4.79 Å². The predicted molar refractivity (Wildman–Crippen MR) is 121 cm³/mol. The van der Waals surface area contributed by atoms with Crippen molar-refractivity contribution in [2.45, 2.75) is 32.0 Å². The normalized spacial score (nSPS) is 10.8. The minimum absolute atomic E-state index is 0.0488. The number of benzene rings is 2. The van der Waals surface area contributed by atoms with Gasteiger partial charge in [-0.2, -0.15) is 0 Å². The van der Waals surface area contributed by atoms with Crippen LogP contribution >= 0.6 is 23.4 Å². The third-order valence-corrected chi connectivity index (χ3v) is 5.44. The van der Waals surface area contributed by atoms with Crippen molar-refractivity contribution in [3.8, 4) is 16.9 Å². The molecule has 0 fully saturated rings. The summed E-state index contributed by atoms with van der Waals surface area (Å²) in [6, 6.07) is 15.0. The Hall–Kier alpha value is -2.77. The van der Waals surface area contributed by atoms with E-state index in [2.05, 4.69) is 15.6 Å². The highest BCUT2D eigenvalue weighted by Gasteiger charge is 2.17. The number of hydrogen-bond acceptors (Lipinski definition) is 4. The molecule has 0 spiro atoms. The Bertz CT molecular complexity index is 1050. The highest BCUT2D eigenvalue weighted by atomic mass is 35.5. The molecule has 0 saturated carbocycles. The Kier molecular flexibility index (Phi) is 7.18. The van der Waals surface area contributed by atoms with Crippen LogP contribution in [0.3, 0.4) is 0 Å². The maximum atomic E-state index is 12.2. The highest BCUT2D eigenvalue weighted by molar-refractivity contribution is 7.99. The summed E-state index contributed by atoms with van der Waals surface area (Å²) < 4.78 is 2.02. The van der Waals surface area contributed by atoms with E-state index in [1.807, 2.05) is 73.9 Å². The number of nitrogens with zero attached hydrogens (tertiary/aromatic N) is 2. The molecule has 3 rings (SSSR count). The van der Waals surface area contributed by atoms with E-state index in [1.54, 1.807) is 6.20 Å². The number of imide groups is 1. The fraction of sp³-hybridized carbons (Fsp3) is 0.227. The third-order valence-electron chi connectivity index (χ3n) is 4.23. The third kappa shape index (κ3) is 5.43. The van der Waals surface area contributed by atoms with Crippen LogP contribution < -0.4 is 10.6 Å². The lowest BCUT2D eigenvalue weighted by Crippen LogP contribution is -2.43. The first-order valence-electron chi connectivity index (χ1n) is 9.48. The van der Waals surface area contributed by atoms with Gasteiger partial charge in [0.15, 0.2) is 5.16 Å². The number of halogens is 1. The summed E-state index contributed by atoms with van der Waals surface area (Å²) in [6.07, 6.45) is 1.78. The molecule has 0 aliphatic rings. The van der Waals surface area contributed by atoms with Crippen LogP contribution in [-0.4, -0.2) is 33.3 Å². The number of rotatable bonds is 6. The summed E-state index contributed by atoms with van der Waals surface area (Å²) in [7, 11) is 0. The number of hydrogen-bond donors (Lipinski definition) is 2. The van der Waals surface area contributed by atoms with Gasteiger partial charge in [0, 0.05) is 16.6 Å². The molecule has 0 aliphatic carbocycles. The van der Waals surface area contributed by atoms with Gasteiger partial charge in [-0.15, -0.1) is 0 Å². The SMILES string of the molecule is Cc1ccccc1-n1c(-c2ccc(Cl)cc2)cnc1SCC(=O)NC(=O)NC(C)C. The summed E-state index contributed by atoms with van der Waals surface area (Å²) in [5.41, 5.74) is 3.90. The molecule has 0 bridgehead atoms. The number of urea groups is 1. The van der Waals surface area contributed by atoms with E-state index in [-0.39, 0.29) is 17.7 Å². The molecule has 8 heteroatoms. The summed E-state index contributed by atoms with van der Waals surface area (Å²) in [4.78, 5) is 28.5. The van der Waals surface area contributed by atoms with Crippen LogP contribution in [0.15, 0.2) is 59.9 Å². The second-order valence-corrected chi connectivity index (χ2v) is 8.40. The number of thioether (sulfide) groups is 1. The molecular weight excluding hydrogens is 420 g/mol. The Labute approximate surface area is 185 Å². The van der Waals surface area contributed by atoms with Crippen molar-refractivity contribution in [1.29, 1.82) is 0 Å². The lowest BCUT2D eigenvalue weighted by atomic mass is 10.1. The van der Waals surface area contributed by atoms with Gasteiger partial charge < -0.3 is 5.32 Å². The van der Waals surface area contributed by atoms with Crippen LogP contribution in [0.1, 0.15) is 19.4 Å². The first-order chi connectivity index (χ1) is 14.3. The van der Waals surface area contributed by atoms with Gasteiger partial charge in [-0.05, 0) is 44.5 Å². The van der Waals surface area contributed by atoms with E-state index < -0.39 is 6.03 Å². The maximum absolute atomic E-state index is 12.2. The molecule has 156 valence electrons. The van der Waals surface area contributed by atoms with Gasteiger partial charge in [0.25, 0.3) is 0 Å². The average molecular weight is 443 g/mol. The first kappa shape index (κ1) is 21.9. The number of para-hydroxylation sites is 1. The molecule has 0 unspecified atom stereocenters. The van der Waals surface area contributed by atoms with Gasteiger partial charge in [-0.3, -0.25) is 14.7 Å². The van der Waals surface area contributed by atoms with E-state index in [4.69, 9.17) is 11.6 Å². The van der Waals surface area contributed by atoms with Crippen molar-refractivity contribution in [2.24, 2.45) is 0 Å². The van der Waals surface area contributed by atoms with Crippen LogP contribution in [0, 0.1) is 6.92 Å². The van der Waals surface area contributed by atoms with Crippen molar-refractivity contribution in [1.82, 2.24) is 20.2 Å².